The van der Waals surface area contributed by atoms with Gasteiger partial charge in [0.2, 0.25) is 0 Å². The summed E-state index contributed by atoms with van der Waals surface area (Å²) < 4.78 is 39.4. The molecular formula is C14H25BrNa2O9S. The number of carboxylic acids is 1. The van der Waals surface area contributed by atoms with Crippen molar-refractivity contribution in [2.45, 2.75) is 55.5 Å². The summed E-state index contributed by atoms with van der Waals surface area (Å²) in [5.41, 5.74) is 0. The molecule has 0 heterocycles. The van der Waals surface area contributed by atoms with Gasteiger partial charge in [-0.05, 0) is 39.5 Å². The van der Waals surface area contributed by atoms with Crippen LogP contribution in [0.15, 0.2) is 0 Å². The Kier molecular flexibility index (Phi) is 18.8. The number of rotatable bonds is 12. The second-order valence-electron chi connectivity index (χ2n) is 5.79. The number of carboxylic acid groups (broad SMARTS) is 1. The largest absolute Gasteiger partial charge is 1.00 e. The molecule has 0 aromatic carbocycles. The summed E-state index contributed by atoms with van der Waals surface area (Å²) in [5.74, 6) is -3.19. The zero-order valence-electron chi connectivity index (χ0n) is 18.1. The van der Waals surface area contributed by atoms with Crippen molar-refractivity contribution in [2.24, 2.45) is 0 Å². The van der Waals surface area contributed by atoms with E-state index in [4.69, 9.17) is 19.1 Å². The molecule has 0 aromatic rings. The molecule has 0 radical (unpaired) electrons. The van der Waals surface area contributed by atoms with Crippen molar-refractivity contribution in [3.63, 3.8) is 0 Å². The maximum Gasteiger partial charge on any atom is 1.00 e. The molecule has 0 rings (SSSR count). The first-order valence-electron chi connectivity index (χ1n) is 7.56. The molecule has 0 aromatic heterocycles. The molecule has 0 saturated heterocycles. The monoisotopic (exact) mass is 494 g/mol. The molecule has 9 nitrogen and oxygen atoms in total. The minimum absolute atomic E-state index is 0. The van der Waals surface area contributed by atoms with Gasteiger partial charge in [0, 0.05) is 0 Å². The van der Waals surface area contributed by atoms with Crippen molar-refractivity contribution in [3.8, 4) is 0 Å². The van der Waals surface area contributed by atoms with Crippen molar-refractivity contribution in [2.75, 3.05) is 13.2 Å². The van der Waals surface area contributed by atoms with Crippen molar-refractivity contribution >= 4 is 44.0 Å². The zero-order chi connectivity index (χ0) is 19.7. The molecule has 27 heavy (non-hydrogen) atoms. The van der Waals surface area contributed by atoms with Gasteiger partial charge in [-0.15, -0.1) is 0 Å². The van der Waals surface area contributed by atoms with Crippen LogP contribution in [-0.4, -0.2) is 58.8 Å². The number of esters is 2. The number of carbonyl (C=O) groups excluding carboxylic acids is 2. The first-order valence-corrected chi connectivity index (χ1v) is 9.86. The van der Waals surface area contributed by atoms with E-state index in [1.807, 2.05) is 0 Å². The average molecular weight is 495 g/mol. The second kappa shape index (κ2) is 15.6. The summed E-state index contributed by atoms with van der Waals surface area (Å²) in [6.45, 7) is 3.65. The Morgan fingerprint density at radius 2 is 1.48 bits per heavy atom. The van der Waals surface area contributed by atoms with E-state index in [-0.39, 0.29) is 81.2 Å². The number of hydrogen-bond acceptors (Lipinski definition) is 7. The predicted molar refractivity (Wildman–Crippen MR) is 93.2 cm³/mol. The predicted octanol–water partition coefficient (Wildman–Crippen LogP) is -4.23. The van der Waals surface area contributed by atoms with Gasteiger partial charge in [-0.25, -0.2) is 0 Å². The normalized spacial score (nSPS) is 12.1. The van der Waals surface area contributed by atoms with Crippen molar-refractivity contribution < 1.29 is 104 Å². The number of alkyl halides is 1. The van der Waals surface area contributed by atoms with E-state index in [2.05, 4.69) is 15.9 Å². The van der Waals surface area contributed by atoms with Crippen molar-refractivity contribution in [1.29, 1.82) is 0 Å². The molecule has 0 amide bonds. The van der Waals surface area contributed by atoms with Crippen LogP contribution in [-0.2, 0) is 34.0 Å². The second-order valence-corrected chi connectivity index (χ2v) is 9.37. The molecular weight excluding hydrogens is 470 g/mol. The van der Waals surface area contributed by atoms with Gasteiger partial charge in [-0.2, -0.15) is 8.42 Å². The number of ether oxygens (including phenoxy) is 2. The third-order valence-electron chi connectivity index (χ3n) is 3.01. The van der Waals surface area contributed by atoms with E-state index in [1.54, 1.807) is 13.8 Å². The number of hydrogen-bond donors (Lipinski definition) is 2. The SMILES string of the molecule is CC(C)(Br)C(=O)OCCCCCCOC(=O)CC(C(=O)O)S(=O)(=O)O.[H-].[H-].[Na+].[Na+]. The molecule has 0 saturated carbocycles. The van der Waals surface area contributed by atoms with Gasteiger partial charge < -0.3 is 17.4 Å². The van der Waals surface area contributed by atoms with Crippen molar-refractivity contribution in [3.05, 3.63) is 0 Å². The van der Waals surface area contributed by atoms with Crippen LogP contribution in [0.5, 0.6) is 0 Å². The first-order chi connectivity index (χ1) is 11.4. The van der Waals surface area contributed by atoms with Crippen LogP contribution in [0.3, 0.4) is 0 Å². The molecule has 0 aliphatic carbocycles. The van der Waals surface area contributed by atoms with Gasteiger partial charge in [0.25, 0.3) is 10.1 Å². The minimum Gasteiger partial charge on any atom is -1.00 e. The van der Waals surface area contributed by atoms with Gasteiger partial charge in [-0.1, -0.05) is 15.9 Å². The van der Waals surface area contributed by atoms with Crippen LogP contribution >= 0.6 is 15.9 Å². The summed E-state index contributed by atoms with van der Waals surface area (Å²) in [5, 5.41) is 6.42. The Morgan fingerprint density at radius 1 is 1.04 bits per heavy atom. The Hall–Kier alpha value is 0.800. The zero-order valence-corrected chi connectivity index (χ0v) is 22.5. The summed E-state index contributed by atoms with van der Waals surface area (Å²) in [6, 6.07) is 0. The molecule has 150 valence electrons. The molecule has 0 bridgehead atoms. The fourth-order valence-corrected chi connectivity index (χ4v) is 2.33. The topological polar surface area (TPSA) is 144 Å². The average Bonchev–Trinajstić information content (AvgIpc) is 2.44. The number of carbonyl (C=O) groups is 3. The summed E-state index contributed by atoms with van der Waals surface area (Å²) in [7, 11) is -4.87. The first kappa shape index (κ1) is 32.5. The number of aliphatic carboxylic acids is 1. The van der Waals surface area contributed by atoms with Gasteiger partial charge in [0.05, 0.1) is 19.6 Å². The van der Waals surface area contributed by atoms with Crippen LogP contribution < -0.4 is 59.1 Å². The fourth-order valence-electron chi connectivity index (χ4n) is 1.61. The Morgan fingerprint density at radius 3 is 1.85 bits per heavy atom. The maximum atomic E-state index is 11.5. The Balaban J connectivity index is -0.000000480. The van der Waals surface area contributed by atoms with E-state index in [1.165, 1.54) is 0 Å². The van der Waals surface area contributed by atoms with E-state index >= 15 is 0 Å². The summed E-state index contributed by atoms with van der Waals surface area (Å²) in [4.78, 5) is 33.5. The summed E-state index contributed by atoms with van der Waals surface area (Å²) >= 11 is 3.19. The van der Waals surface area contributed by atoms with Crippen LogP contribution in [0.4, 0.5) is 0 Å². The van der Waals surface area contributed by atoms with E-state index < -0.39 is 38.1 Å². The minimum atomic E-state index is -4.87. The third kappa shape index (κ3) is 16.3. The van der Waals surface area contributed by atoms with Crippen LogP contribution in [0, 0.1) is 0 Å². The smallest absolute Gasteiger partial charge is 1.00 e. The third-order valence-corrected chi connectivity index (χ3v) is 4.42. The fraction of sp³-hybridized carbons (Fsp3) is 0.786. The Labute approximate surface area is 214 Å². The Bertz CT molecular complexity index is 586. The van der Waals surface area contributed by atoms with Gasteiger partial charge in [-0.3, -0.25) is 18.9 Å². The standard InChI is InChI=1S/C14H23BrO9S.2Na.2H/c1-14(2,15)13(19)24-8-6-4-3-5-7-23-11(16)9-10(12(17)18)25(20,21)22;;;;/h10H,3-9H2,1-2H3,(H,17,18)(H,20,21,22);;;;/q;2*+1;2*-1. The number of unbranched alkanes of at least 4 members (excludes halogenated alkanes) is 3. The van der Waals surface area contributed by atoms with Gasteiger partial charge in [0.1, 0.15) is 4.32 Å². The van der Waals surface area contributed by atoms with E-state index in [0.717, 1.165) is 6.42 Å². The summed E-state index contributed by atoms with van der Waals surface area (Å²) in [6.07, 6.45) is 1.60. The molecule has 2 N–H and O–H groups in total. The van der Waals surface area contributed by atoms with Crippen LogP contribution in [0.2, 0.25) is 0 Å². The molecule has 1 unspecified atom stereocenters. The van der Waals surface area contributed by atoms with E-state index in [0.29, 0.717) is 19.3 Å². The molecule has 0 spiro atoms. The molecule has 0 aliphatic heterocycles. The molecule has 1 atom stereocenters. The van der Waals surface area contributed by atoms with E-state index in [9.17, 15) is 22.8 Å². The quantitative estimate of drug-likeness (QED) is 0.0905. The molecule has 0 aliphatic rings. The van der Waals surface area contributed by atoms with Gasteiger partial charge >= 0.3 is 77.0 Å². The van der Waals surface area contributed by atoms with Crippen molar-refractivity contribution in [1.82, 2.24) is 0 Å². The van der Waals surface area contributed by atoms with Crippen LogP contribution in [0.1, 0.15) is 48.8 Å². The molecule has 13 heteroatoms. The maximum absolute atomic E-state index is 11.5. The molecule has 0 fully saturated rings. The van der Waals surface area contributed by atoms with Crippen LogP contribution in [0.25, 0.3) is 0 Å². The number of halogens is 1. The van der Waals surface area contributed by atoms with Gasteiger partial charge in [0.15, 0.2) is 5.25 Å².